The van der Waals surface area contributed by atoms with Gasteiger partial charge in [0.15, 0.2) is 0 Å². The highest BCUT2D eigenvalue weighted by Gasteiger charge is 2.42. The van der Waals surface area contributed by atoms with Crippen molar-refractivity contribution in [1.29, 1.82) is 0 Å². The molecule has 0 aromatic carbocycles. The van der Waals surface area contributed by atoms with Crippen LogP contribution < -0.4 is 5.32 Å². The molecule has 0 aromatic heterocycles. The molecule has 1 saturated carbocycles. The summed E-state index contributed by atoms with van der Waals surface area (Å²) in [5, 5.41) is 3.70. The van der Waals surface area contributed by atoms with Crippen molar-refractivity contribution < 1.29 is 14.3 Å². The van der Waals surface area contributed by atoms with E-state index in [4.69, 9.17) is 9.47 Å². The van der Waals surface area contributed by atoms with E-state index in [0.717, 1.165) is 32.3 Å². The molecule has 4 heteroatoms. The van der Waals surface area contributed by atoms with Gasteiger partial charge in [0.1, 0.15) is 6.29 Å². The lowest BCUT2D eigenvalue weighted by atomic mass is 9.77. The molecule has 0 spiro atoms. The molecule has 1 heterocycles. The van der Waals surface area contributed by atoms with Gasteiger partial charge in [0.2, 0.25) is 0 Å². The first-order valence-corrected chi connectivity index (χ1v) is 7.44. The summed E-state index contributed by atoms with van der Waals surface area (Å²) in [5.41, 5.74) is -0.120. The average molecular weight is 269 g/mol. The third kappa shape index (κ3) is 3.18. The number of nitrogens with one attached hydrogen (secondary N) is 1. The summed E-state index contributed by atoms with van der Waals surface area (Å²) >= 11 is 0. The van der Waals surface area contributed by atoms with Crippen LogP contribution in [0.1, 0.15) is 39.5 Å². The number of hydrogen-bond acceptors (Lipinski definition) is 4. The first-order chi connectivity index (χ1) is 9.11. The zero-order chi connectivity index (χ0) is 13.9. The summed E-state index contributed by atoms with van der Waals surface area (Å²) in [5.74, 6) is 0.421. The Hall–Kier alpha value is -0.450. The molecule has 0 radical (unpaired) electrons. The van der Waals surface area contributed by atoms with E-state index in [1.165, 1.54) is 6.29 Å². The third-order valence-electron chi connectivity index (χ3n) is 5.03. The molecule has 2 rings (SSSR count). The maximum absolute atomic E-state index is 11.5. The van der Waals surface area contributed by atoms with Gasteiger partial charge < -0.3 is 19.6 Å². The normalized spacial score (nSPS) is 39.7. The van der Waals surface area contributed by atoms with Crippen LogP contribution in [0.3, 0.4) is 0 Å². The molecule has 0 bridgehead atoms. The van der Waals surface area contributed by atoms with Crippen LogP contribution in [0.5, 0.6) is 0 Å². The number of carbonyl (C=O) groups is 1. The summed E-state index contributed by atoms with van der Waals surface area (Å²) in [6.07, 6.45) is 5.38. The lowest BCUT2D eigenvalue weighted by Crippen LogP contribution is -2.50. The molecular formula is C15H27NO3. The molecule has 2 aliphatic rings. The molecule has 0 amide bonds. The minimum absolute atomic E-state index is 0.120. The lowest BCUT2D eigenvalue weighted by molar-refractivity contribution is -0.118. The Bertz CT molecular complexity index is 308. The zero-order valence-electron chi connectivity index (χ0n) is 12.4. The van der Waals surface area contributed by atoms with Crippen molar-refractivity contribution in [3.05, 3.63) is 0 Å². The summed E-state index contributed by atoms with van der Waals surface area (Å²) < 4.78 is 10.9. The van der Waals surface area contributed by atoms with Crippen LogP contribution in [0.25, 0.3) is 0 Å². The summed E-state index contributed by atoms with van der Waals surface area (Å²) in [6, 6.07) is 0.798. The number of rotatable bonds is 5. The van der Waals surface area contributed by atoms with Gasteiger partial charge in [0.05, 0.1) is 12.7 Å². The Morgan fingerprint density at radius 3 is 2.79 bits per heavy atom. The van der Waals surface area contributed by atoms with Crippen LogP contribution in [0.2, 0.25) is 0 Å². The molecule has 0 unspecified atom stereocenters. The molecular weight excluding hydrogens is 242 g/mol. The molecule has 1 aliphatic carbocycles. The molecule has 4 atom stereocenters. The number of ether oxygens (including phenoxy) is 2. The summed E-state index contributed by atoms with van der Waals surface area (Å²) in [4.78, 5) is 11.5. The Morgan fingerprint density at radius 2 is 2.21 bits per heavy atom. The van der Waals surface area contributed by atoms with Gasteiger partial charge in [-0.2, -0.15) is 0 Å². The molecule has 1 saturated heterocycles. The van der Waals surface area contributed by atoms with Crippen LogP contribution in [-0.4, -0.2) is 44.8 Å². The number of hydrogen-bond donors (Lipinski definition) is 1. The van der Waals surface area contributed by atoms with Gasteiger partial charge in [-0.3, -0.25) is 0 Å². The van der Waals surface area contributed by atoms with E-state index in [1.807, 2.05) is 0 Å². The third-order valence-corrected chi connectivity index (χ3v) is 5.03. The minimum atomic E-state index is -0.120. The van der Waals surface area contributed by atoms with Crippen molar-refractivity contribution in [2.24, 2.45) is 11.3 Å². The quantitative estimate of drug-likeness (QED) is 0.773. The molecule has 1 aliphatic heterocycles. The first kappa shape index (κ1) is 14.9. The van der Waals surface area contributed by atoms with Crippen LogP contribution >= 0.6 is 0 Å². The van der Waals surface area contributed by atoms with Crippen LogP contribution in [0.4, 0.5) is 0 Å². The molecule has 19 heavy (non-hydrogen) atoms. The molecule has 4 nitrogen and oxygen atoms in total. The second-order valence-electron chi connectivity index (χ2n) is 6.36. The summed E-state index contributed by atoms with van der Waals surface area (Å²) in [6.45, 7) is 5.78. The zero-order valence-corrected chi connectivity index (χ0v) is 12.4. The van der Waals surface area contributed by atoms with E-state index >= 15 is 0 Å². The SMILES string of the molecule is CO[C@@H]1COCC[C@@H]1N[C@@H]1CC[C@@](C=O)(C(C)C)C1. The van der Waals surface area contributed by atoms with Crippen molar-refractivity contribution in [2.75, 3.05) is 20.3 Å². The van der Waals surface area contributed by atoms with Crippen LogP contribution in [-0.2, 0) is 14.3 Å². The molecule has 0 aromatic rings. The second-order valence-corrected chi connectivity index (χ2v) is 6.36. The van der Waals surface area contributed by atoms with E-state index in [0.29, 0.717) is 24.6 Å². The Morgan fingerprint density at radius 1 is 1.42 bits per heavy atom. The van der Waals surface area contributed by atoms with E-state index in [9.17, 15) is 4.79 Å². The van der Waals surface area contributed by atoms with Crippen molar-refractivity contribution in [3.63, 3.8) is 0 Å². The highest BCUT2D eigenvalue weighted by Crippen LogP contribution is 2.42. The number of methoxy groups -OCH3 is 1. The lowest BCUT2D eigenvalue weighted by Gasteiger charge is -2.34. The van der Waals surface area contributed by atoms with Gasteiger partial charge in [-0.25, -0.2) is 0 Å². The fourth-order valence-electron chi connectivity index (χ4n) is 3.45. The van der Waals surface area contributed by atoms with Gasteiger partial charge >= 0.3 is 0 Å². The van der Waals surface area contributed by atoms with Crippen molar-refractivity contribution in [2.45, 2.75) is 57.7 Å². The fraction of sp³-hybridized carbons (Fsp3) is 0.933. The van der Waals surface area contributed by atoms with Gasteiger partial charge in [0, 0.05) is 31.2 Å². The average Bonchev–Trinajstić information content (AvgIpc) is 2.84. The monoisotopic (exact) mass is 269 g/mol. The topological polar surface area (TPSA) is 47.6 Å². The molecule has 1 N–H and O–H groups in total. The Kier molecular flexibility index (Phi) is 4.98. The Labute approximate surface area is 116 Å². The standard InChI is InChI=1S/C15H27NO3/c1-11(2)15(10-17)6-4-12(8-15)16-13-5-7-19-9-14(13)18-3/h10-14,16H,4-9H2,1-3H3/t12-,13+,14-,15-/m1/s1. The van der Waals surface area contributed by atoms with Gasteiger partial charge in [0.25, 0.3) is 0 Å². The van der Waals surface area contributed by atoms with Crippen LogP contribution in [0, 0.1) is 11.3 Å². The minimum Gasteiger partial charge on any atom is -0.379 e. The van der Waals surface area contributed by atoms with E-state index in [-0.39, 0.29) is 11.5 Å². The predicted octanol–water partition coefficient (Wildman–Crippen LogP) is 1.77. The predicted molar refractivity (Wildman–Crippen MR) is 74.1 cm³/mol. The Balaban J connectivity index is 1.92. The first-order valence-electron chi connectivity index (χ1n) is 7.44. The van der Waals surface area contributed by atoms with Crippen LogP contribution in [0.15, 0.2) is 0 Å². The smallest absolute Gasteiger partial charge is 0.126 e. The second kappa shape index (κ2) is 6.33. The van der Waals surface area contributed by atoms with Crippen molar-refractivity contribution in [3.8, 4) is 0 Å². The van der Waals surface area contributed by atoms with E-state index < -0.39 is 0 Å². The van der Waals surface area contributed by atoms with Gasteiger partial charge in [-0.1, -0.05) is 13.8 Å². The largest absolute Gasteiger partial charge is 0.379 e. The van der Waals surface area contributed by atoms with Crippen molar-refractivity contribution in [1.82, 2.24) is 5.32 Å². The molecule has 2 fully saturated rings. The van der Waals surface area contributed by atoms with E-state index in [2.05, 4.69) is 19.2 Å². The van der Waals surface area contributed by atoms with Crippen molar-refractivity contribution >= 4 is 6.29 Å². The fourth-order valence-corrected chi connectivity index (χ4v) is 3.45. The summed E-state index contributed by atoms with van der Waals surface area (Å²) in [7, 11) is 1.74. The van der Waals surface area contributed by atoms with E-state index in [1.54, 1.807) is 7.11 Å². The van der Waals surface area contributed by atoms with Gasteiger partial charge in [-0.15, -0.1) is 0 Å². The van der Waals surface area contributed by atoms with Gasteiger partial charge in [-0.05, 0) is 31.6 Å². The maximum atomic E-state index is 11.5. The molecule has 110 valence electrons. The number of carbonyl (C=O) groups excluding carboxylic acids is 1. The highest BCUT2D eigenvalue weighted by molar-refractivity contribution is 5.60. The highest BCUT2D eigenvalue weighted by atomic mass is 16.5. The maximum Gasteiger partial charge on any atom is 0.126 e. The number of aldehydes is 1.